The van der Waals surface area contributed by atoms with Crippen molar-refractivity contribution in [3.63, 3.8) is 0 Å². The number of nitrogens with zero attached hydrogens (tertiary/aromatic N) is 5. The lowest BCUT2D eigenvalue weighted by Gasteiger charge is -2.35. The van der Waals surface area contributed by atoms with Crippen molar-refractivity contribution in [2.75, 3.05) is 26.2 Å². The van der Waals surface area contributed by atoms with Gasteiger partial charge in [-0.25, -0.2) is 13.2 Å². The molecule has 1 aromatic heterocycles. The maximum atomic E-state index is 14.2. The van der Waals surface area contributed by atoms with Gasteiger partial charge in [0, 0.05) is 37.8 Å². The first kappa shape index (κ1) is 38.3. The lowest BCUT2D eigenvalue weighted by molar-refractivity contribution is -0.605. The first-order valence-electron chi connectivity index (χ1n) is 16.9. The molecule has 0 aliphatic carbocycles. The minimum Gasteiger partial charge on any atom is -0.619 e. The SMILES string of the molecule is CC[C@H](C)[C@@H](C(=O)N[C@@H](Cc1ccccc1)[C@H](O)CN(CC(C)C)S(=O)(=O)c1ccc(C=NO)cc1)N1CCN(Cc2ccc[n+]([O-])c2)C1=O. The van der Waals surface area contributed by atoms with Gasteiger partial charge in [0.15, 0.2) is 12.4 Å². The van der Waals surface area contributed by atoms with Crippen molar-refractivity contribution in [3.8, 4) is 0 Å². The Morgan fingerprint density at radius 3 is 2.34 bits per heavy atom. The first-order valence-corrected chi connectivity index (χ1v) is 18.3. The summed E-state index contributed by atoms with van der Waals surface area (Å²) in [5.74, 6) is -0.745. The molecule has 270 valence electrons. The number of sulfonamides is 1. The number of rotatable bonds is 17. The number of carbonyl (C=O) groups excluding carboxylic acids is 2. The molecule has 4 rings (SSSR count). The number of hydrogen-bond donors (Lipinski definition) is 3. The van der Waals surface area contributed by atoms with E-state index in [4.69, 9.17) is 5.21 Å². The molecule has 3 N–H and O–H groups in total. The van der Waals surface area contributed by atoms with Gasteiger partial charge in [-0.1, -0.05) is 81.7 Å². The summed E-state index contributed by atoms with van der Waals surface area (Å²) in [4.78, 5) is 31.0. The van der Waals surface area contributed by atoms with E-state index in [2.05, 4.69) is 10.5 Å². The zero-order valence-corrected chi connectivity index (χ0v) is 29.8. The third-order valence-electron chi connectivity index (χ3n) is 8.90. The van der Waals surface area contributed by atoms with Gasteiger partial charge in [0.2, 0.25) is 15.9 Å². The minimum absolute atomic E-state index is 0.0126. The Morgan fingerprint density at radius 2 is 1.72 bits per heavy atom. The number of amides is 3. The van der Waals surface area contributed by atoms with E-state index >= 15 is 0 Å². The van der Waals surface area contributed by atoms with Crippen LogP contribution in [0.3, 0.4) is 0 Å². The molecule has 50 heavy (non-hydrogen) atoms. The molecule has 13 nitrogen and oxygen atoms in total. The number of aliphatic hydroxyl groups is 1. The number of aliphatic hydroxyl groups excluding tert-OH is 1. The molecule has 1 saturated heterocycles. The molecule has 2 heterocycles. The molecule has 14 heteroatoms. The summed E-state index contributed by atoms with van der Waals surface area (Å²) < 4.78 is 29.7. The van der Waals surface area contributed by atoms with Crippen molar-refractivity contribution in [2.24, 2.45) is 17.0 Å². The number of hydrogen-bond acceptors (Lipinski definition) is 8. The summed E-state index contributed by atoms with van der Waals surface area (Å²) in [6.45, 7) is 8.32. The fraction of sp³-hybridized carbons (Fsp3) is 0.444. The number of urea groups is 1. The van der Waals surface area contributed by atoms with E-state index in [0.717, 1.165) is 5.56 Å². The minimum atomic E-state index is -4.07. The van der Waals surface area contributed by atoms with Crippen LogP contribution < -0.4 is 10.0 Å². The topological polar surface area (TPSA) is 170 Å². The van der Waals surface area contributed by atoms with Gasteiger partial charge in [-0.15, -0.1) is 0 Å². The van der Waals surface area contributed by atoms with Crippen LogP contribution in [0.5, 0.6) is 0 Å². The second kappa shape index (κ2) is 17.4. The summed E-state index contributed by atoms with van der Waals surface area (Å²) in [6, 6.07) is 16.5. The molecule has 0 radical (unpaired) electrons. The highest BCUT2D eigenvalue weighted by Crippen LogP contribution is 2.24. The summed E-state index contributed by atoms with van der Waals surface area (Å²) in [7, 11) is -4.07. The van der Waals surface area contributed by atoms with Crippen LogP contribution in [0.1, 0.15) is 50.8 Å². The molecule has 2 aromatic carbocycles. The number of benzene rings is 2. The number of oxime groups is 1. The van der Waals surface area contributed by atoms with Gasteiger partial charge < -0.3 is 30.6 Å². The molecule has 3 amide bonds. The van der Waals surface area contributed by atoms with Crippen LogP contribution in [0.25, 0.3) is 0 Å². The van der Waals surface area contributed by atoms with Crippen molar-refractivity contribution in [3.05, 3.63) is 101 Å². The average molecular weight is 709 g/mol. The van der Waals surface area contributed by atoms with Crippen LogP contribution in [-0.4, -0.2) is 95.4 Å². The largest absolute Gasteiger partial charge is 0.619 e. The van der Waals surface area contributed by atoms with Crippen molar-refractivity contribution in [2.45, 2.75) is 70.2 Å². The molecule has 1 aliphatic heterocycles. The van der Waals surface area contributed by atoms with E-state index in [1.807, 2.05) is 58.0 Å². The Morgan fingerprint density at radius 1 is 1.04 bits per heavy atom. The highest BCUT2D eigenvalue weighted by molar-refractivity contribution is 7.89. The van der Waals surface area contributed by atoms with Gasteiger partial charge in [-0.05, 0) is 47.6 Å². The lowest BCUT2D eigenvalue weighted by atomic mass is 9.95. The number of carbonyl (C=O) groups is 2. The Balaban J connectivity index is 1.59. The molecule has 1 fully saturated rings. The van der Waals surface area contributed by atoms with Gasteiger partial charge in [-0.3, -0.25) is 4.79 Å². The normalized spacial score (nSPS) is 16.3. The molecule has 0 unspecified atom stereocenters. The highest BCUT2D eigenvalue weighted by atomic mass is 32.2. The summed E-state index contributed by atoms with van der Waals surface area (Å²) in [5, 5.41) is 38.4. The van der Waals surface area contributed by atoms with E-state index in [1.54, 1.807) is 21.9 Å². The Hall–Kier alpha value is -4.53. The van der Waals surface area contributed by atoms with Crippen LogP contribution in [0.4, 0.5) is 4.79 Å². The quantitative estimate of drug-likeness (QED) is 0.0636. The number of aromatic nitrogens is 1. The molecule has 4 atom stereocenters. The second-order valence-electron chi connectivity index (χ2n) is 13.2. The highest BCUT2D eigenvalue weighted by Gasteiger charge is 2.41. The third-order valence-corrected chi connectivity index (χ3v) is 10.7. The van der Waals surface area contributed by atoms with E-state index in [0.29, 0.717) is 35.4 Å². The molecule has 0 bridgehead atoms. The van der Waals surface area contributed by atoms with Gasteiger partial charge in [0.1, 0.15) is 6.04 Å². The summed E-state index contributed by atoms with van der Waals surface area (Å²) in [6.07, 6.45) is 3.48. The molecular weight excluding hydrogens is 660 g/mol. The smallest absolute Gasteiger partial charge is 0.321 e. The molecular formula is C36H48N6O7S. The summed E-state index contributed by atoms with van der Waals surface area (Å²) >= 11 is 0. The van der Waals surface area contributed by atoms with Gasteiger partial charge in [0.25, 0.3) is 0 Å². The van der Waals surface area contributed by atoms with Crippen molar-refractivity contribution in [1.82, 2.24) is 19.4 Å². The fourth-order valence-corrected chi connectivity index (χ4v) is 7.75. The van der Waals surface area contributed by atoms with Crippen LogP contribution in [-0.2, 0) is 27.8 Å². The maximum absolute atomic E-state index is 14.2. The third kappa shape index (κ3) is 9.79. The van der Waals surface area contributed by atoms with E-state index in [1.165, 1.54) is 47.2 Å². The molecule has 3 aromatic rings. The van der Waals surface area contributed by atoms with Crippen LogP contribution in [0, 0.1) is 17.0 Å². The predicted molar refractivity (Wildman–Crippen MR) is 189 cm³/mol. The summed E-state index contributed by atoms with van der Waals surface area (Å²) in [5.41, 5.74) is 2.01. The predicted octanol–water partition coefficient (Wildman–Crippen LogP) is 3.22. The van der Waals surface area contributed by atoms with Crippen LogP contribution >= 0.6 is 0 Å². The van der Waals surface area contributed by atoms with Crippen molar-refractivity contribution < 1.29 is 33.1 Å². The number of pyridine rings is 1. The van der Waals surface area contributed by atoms with Crippen LogP contribution in [0.2, 0.25) is 0 Å². The maximum Gasteiger partial charge on any atom is 0.321 e. The zero-order valence-electron chi connectivity index (χ0n) is 29.0. The zero-order chi connectivity index (χ0) is 36.4. The van der Waals surface area contributed by atoms with Crippen LogP contribution in [0.15, 0.2) is 89.2 Å². The molecule has 0 saturated carbocycles. The Kier molecular flexibility index (Phi) is 13.3. The lowest BCUT2D eigenvalue weighted by Crippen LogP contribution is -2.57. The van der Waals surface area contributed by atoms with E-state index in [-0.39, 0.29) is 48.8 Å². The van der Waals surface area contributed by atoms with E-state index < -0.39 is 34.1 Å². The van der Waals surface area contributed by atoms with Gasteiger partial charge in [0.05, 0.1) is 29.8 Å². The monoisotopic (exact) mass is 708 g/mol. The average Bonchev–Trinajstić information content (AvgIpc) is 3.43. The van der Waals surface area contributed by atoms with Crippen molar-refractivity contribution >= 4 is 28.2 Å². The van der Waals surface area contributed by atoms with E-state index in [9.17, 15) is 28.3 Å². The number of nitrogens with one attached hydrogen (secondary N) is 1. The van der Waals surface area contributed by atoms with Crippen molar-refractivity contribution in [1.29, 1.82) is 0 Å². The molecule has 1 aliphatic rings. The first-order chi connectivity index (χ1) is 23.8. The molecule has 0 spiro atoms. The Bertz CT molecular complexity index is 1710. The second-order valence-corrected chi connectivity index (χ2v) is 15.1. The standard InChI is InChI=1S/C36H48N6O7S/c1-5-27(4)34(42-19-18-39(36(42)45)23-30-12-9-17-40(47)24-30)35(44)38-32(20-28-10-7-6-8-11-28)33(43)25-41(22-26(2)3)50(48,49)31-15-13-29(14-16-31)21-37-46/h6-17,21,24,26-27,32-34,43,46H,5,18-20,22-23,25H2,1-4H3,(H,38,44)/t27-,32-,33+,34-/m0/s1. The van der Waals surface area contributed by atoms with Gasteiger partial charge in [-0.2, -0.15) is 9.04 Å². The fourth-order valence-electron chi connectivity index (χ4n) is 6.13. The Labute approximate surface area is 294 Å². The van der Waals surface area contributed by atoms with Gasteiger partial charge >= 0.3 is 6.03 Å².